The Morgan fingerprint density at radius 3 is 2.80 bits per heavy atom. The van der Waals surface area contributed by atoms with Crippen LogP contribution in [0.2, 0.25) is 0 Å². The van der Waals surface area contributed by atoms with Crippen LogP contribution in [-0.4, -0.2) is 40.2 Å². The number of hydrogen-bond donors (Lipinski definition) is 2. The van der Waals surface area contributed by atoms with E-state index in [1.807, 2.05) is 27.7 Å². The van der Waals surface area contributed by atoms with Crippen LogP contribution in [0.15, 0.2) is 6.07 Å². The third-order valence-corrected chi connectivity index (χ3v) is 5.12. The van der Waals surface area contributed by atoms with E-state index < -0.39 is 5.54 Å². The fourth-order valence-corrected chi connectivity index (χ4v) is 3.30. The van der Waals surface area contributed by atoms with Gasteiger partial charge in [-0.25, -0.2) is 0 Å². The Bertz CT molecular complexity index is 500. The minimum Gasteiger partial charge on any atom is -0.394 e. The van der Waals surface area contributed by atoms with Crippen LogP contribution >= 0.6 is 11.5 Å². The lowest BCUT2D eigenvalue weighted by molar-refractivity contribution is -0.172. The van der Waals surface area contributed by atoms with Crippen molar-refractivity contribution in [3.8, 4) is 0 Å². The van der Waals surface area contributed by atoms with Gasteiger partial charge in [-0.05, 0) is 31.4 Å². The van der Waals surface area contributed by atoms with Crippen molar-refractivity contribution in [2.45, 2.75) is 45.8 Å². The predicted octanol–water partition coefficient (Wildman–Crippen LogP) is 1.75. The Balaban J connectivity index is 2.12. The fourth-order valence-electron chi connectivity index (χ4n) is 2.75. The monoisotopic (exact) mass is 298 g/mol. The van der Waals surface area contributed by atoms with E-state index in [2.05, 4.69) is 9.69 Å². The molecule has 1 aliphatic rings. The average molecular weight is 298 g/mol. The third-order valence-electron chi connectivity index (χ3n) is 4.42. The molecule has 1 aromatic heterocycles. The number of nitrogens with zero attached hydrogens (tertiary/aromatic N) is 1. The molecular formula is C14H22N2O3S. The number of aliphatic hydroxyl groups is 1. The highest BCUT2D eigenvalue weighted by molar-refractivity contribution is 7.05. The summed E-state index contributed by atoms with van der Waals surface area (Å²) in [6, 6.07) is 1.76. The van der Waals surface area contributed by atoms with E-state index in [1.165, 1.54) is 11.5 Å². The smallest absolute Gasteiger partial charge is 0.271 e. The van der Waals surface area contributed by atoms with Crippen molar-refractivity contribution in [2.24, 2.45) is 5.41 Å². The molecular weight excluding hydrogens is 276 g/mol. The molecule has 0 bridgehead atoms. The number of carbonyl (C=O) groups is 1. The van der Waals surface area contributed by atoms with Crippen molar-refractivity contribution in [1.82, 2.24) is 9.69 Å². The zero-order valence-corrected chi connectivity index (χ0v) is 13.2. The highest BCUT2D eigenvalue weighted by Crippen LogP contribution is 2.51. The zero-order chi connectivity index (χ0) is 15.0. The lowest BCUT2D eigenvalue weighted by atomic mass is 9.54. The maximum atomic E-state index is 12.3. The summed E-state index contributed by atoms with van der Waals surface area (Å²) in [7, 11) is 0. The van der Waals surface area contributed by atoms with Crippen molar-refractivity contribution in [1.29, 1.82) is 0 Å². The zero-order valence-electron chi connectivity index (χ0n) is 12.4. The van der Waals surface area contributed by atoms with Crippen LogP contribution in [0.25, 0.3) is 0 Å². The number of aromatic nitrogens is 1. The molecule has 0 saturated heterocycles. The van der Waals surface area contributed by atoms with Crippen LogP contribution in [-0.2, 0) is 4.74 Å². The SMILES string of the molecule is CCOC1CC(CO)(NC(=O)c2cc(C)sn2)C1(C)C. The first kappa shape index (κ1) is 15.4. The molecule has 6 heteroatoms. The Hall–Kier alpha value is -0.980. The average Bonchev–Trinajstić information content (AvgIpc) is 2.83. The molecule has 0 aromatic carbocycles. The molecule has 1 heterocycles. The molecule has 112 valence electrons. The van der Waals surface area contributed by atoms with Crippen molar-refractivity contribution in [3.05, 3.63) is 16.6 Å². The molecule has 1 aliphatic carbocycles. The van der Waals surface area contributed by atoms with Gasteiger partial charge in [0.25, 0.3) is 5.91 Å². The molecule has 5 nitrogen and oxygen atoms in total. The van der Waals surface area contributed by atoms with Gasteiger partial charge in [0.15, 0.2) is 0 Å². The normalized spacial score (nSPS) is 27.9. The Kier molecular flexibility index (Phi) is 4.18. The first-order valence-corrected chi connectivity index (χ1v) is 7.62. The number of amides is 1. The molecule has 0 spiro atoms. The first-order chi connectivity index (χ1) is 9.36. The molecule has 20 heavy (non-hydrogen) atoms. The number of rotatable bonds is 5. The minimum absolute atomic E-state index is 0.0529. The van der Waals surface area contributed by atoms with E-state index in [0.29, 0.717) is 18.7 Å². The van der Waals surface area contributed by atoms with Gasteiger partial charge >= 0.3 is 0 Å². The van der Waals surface area contributed by atoms with E-state index in [1.54, 1.807) is 6.07 Å². The number of carbonyl (C=O) groups excluding carboxylic acids is 1. The van der Waals surface area contributed by atoms with Crippen molar-refractivity contribution in [3.63, 3.8) is 0 Å². The summed E-state index contributed by atoms with van der Waals surface area (Å²) >= 11 is 1.30. The summed E-state index contributed by atoms with van der Waals surface area (Å²) in [4.78, 5) is 13.3. The highest BCUT2D eigenvalue weighted by Gasteiger charge is 2.61. The molecule has 1 amide bonds. The van der Waals surface area contributed by atoms with E-state index in [0.717, 1.165) is 4.88 Å². The van der Waals surface area contributed by atoms with Gasteiger partial charge in [0.2, 0.25) is 0 Å². The van der Waals surface area contributed by atoms with E-state index in [9.17, 15) is 9.90 Å². The van der Waals surface area contributed by atoms with Crippen LogP contribution in [0.5, 0.6) is 0 Å². The second kappa shape index (κ2) is 5.42. The largest absolute Gasteiger partial charge is 0.394 e. The van der Waals surface area contributed by atoms with Gasteiger partial charge in [0.05, 0.1) is 18.2 Å². The van der Waals surface area contributed by atoms with Crippen molar-refractivity contribution >= 4 is 17.4 Å². The second-order valence-corrected chi connectivity index (χ2v) is 6.90. The topological polar surface area (TPSA) is 71.5 Å². The van der Waals surface area contributed by atoms with Gasteiger partial charge in [0, 0.05) is 23.3 Å². The van der Waals surface area contributed by atoms with Crippen molar-refractivity contribution < 1.29 is 14.6 Å². The number of ether oxygens (including phenoxy) is 1. The molecule has 2 atom stereocenters. The van der Waals surface area contributed by atoms with E-state index in [4.69, 9.17) is 4.74 Å². The van der Waals surface area contributed by atoms with E-state index in [-0.39, 0.29) is 24.0 Å². The molecule has 0 aliphatic heterocycles. The Labute approximate surface area is 123 Å². The summed E-state index contributed by atoms with van der Waals surface area (Å²) in [5, 5.41) is 12.7. The third kappa shape index (κ3) is 2.36. The maximum absolute atomic E-state index is 12.3. The van der Waals surface area contributed by atoms with Gasteiger partial charge in [0.1, 0.15) is 5.69 Å². The quantitative estimate of drug-likeness (QED) is 0.868. The fraction of sp³-hybridized carbons (Fsp3) is 0.714. The molecule has 2 unspecified atom stereocenters. The van der Waals surface area contributed by atoms with Crippen LogP contribution in [0.3, 0.4) is 0 Å². The van der Waals surface area contributed by atoms with Gasteiger partial charge in [-0.2, -0.15) is 4.37 Å². The van der Waals surface area contributed by atoms with Gasteiger partial charge < -0.3 is 15.2 Å². The first-order valence-electron chi connectivity index (χ1n) is 6.84. The maximum Gasteiger partial charge on any atom is 0.271 e. The predicted molar refractivity (Wildman–Crippen MR) is 77.9 cm³/mol. The van der Waals surface area contributed by atoms with Crippen LogP contribution in [0, 0.1) is 12.3 Å². The molecule has 1 aromatic rings. The highest BCUT2D eigenvalue weighted by atomic mass is 32.1. The minimum atomic E-state index is -0.637. The number of nitrogens with one attached hydrogen (secondary N) is 1. The Morgan fingerprint density at radius 2 is 2.35 bits per heavy atom. The van der Waals surface area contributed by atoms with E-state index >= 15 is 0 Å². The molecule has 2 N–H and O–H groups in total. The summed E-state index contributed by atoms with van der Waals surface area (Å²) in [5.41, 5.74) is -0.532. The molecule has 1 saturated carbocycles. The number of aryl methyl sites for hydroxylation is 1. The van der Waals surface area contributed by atoms with Crippen LogP contribution in [0.1, 0.15) is 42.6 Å². The number of aliphatic hydroxyl groups excluding tert-OH is 1. The summed E-state index contributed by atoms with van der Waals surface area (Å²) in [6.07, 6.45) is 0.677. The molecule has 1 fully saturated rings. The molecule has 2 rings (SSSR count). The molecule has 0 radical (unpaired) electrons. The van der Waals surface area contributed by atoms with Crippen LogP contribution < -0.4 is 5.32 Å². The Morgan fingerprint density at radius 1 is 1.65 bits per heavy atom. The van der Waals surface area contributed by atoms with Gasteiger partial charge in [-0.15, -0.1) is 0 Å². The standard InChI is InChI=1S/C14H22N2O3S/c1-5-19-11-7-14(8-17,13(11,3)4)15-12(18)10-6-9(2)20-16-10/h6,11,17H,5,7-8H2,1-4H3,(H,15,18). The second-order valence-electron chi connectivity index (χ2n) is 5.89. The van der Waals surface area contributed by atoms with Gasteiger partial charge in [-0.3, -0.25) is 4.79 Å². The van der Waals surface area contributed by atoms with Gasteiger partial charge in [-0.1, -0.05) is 13.8 Å². The lowest BCUT2D eigenvalue weighted by Crippen LogP contribution is -2.74. The van der Waals surface area contributed by atoms with Crippen molar-refractivity contribution in [2.75, 3.05) is 13.2 Å². The number of hydrogen-bond acceptors (Lipinski definition) is 5. The summed E-state index contributed by atoms with van der Waals surface area (Å²) in [6.45, 7) is 8.42. The van der Waals surface area contributed by atoms with Crippen LogP contribution in [0.4, 0.5) is 0 Å². The summed E-state index contributed by atoms with van der Waals surface area (Å²) in [5.74, 6) is -0.230. The summed E-state index contributed by atoms with van der Waals surface area (Å²) < 4.78 is 9.78. The lowest BCUT2D eigenvalue weighted by Gasteiger charge is -2.60.